The smallest absolute Gasteiger partial charge is 0.0255 e. The maximum Gasteiger partial charge on any atom is 0.0255 e. The molecular formula is C18H27N. The van der Waals surface area contributed by atoms with Crippen molar-refractivity contribution in [1.29, 1.82) is 0 Å². The van der Waals surface area contributed by atoms with Crippen LogP contribution in [0.1, 0.15) is 63.0 Å². The second-order valence-corrected chi connectivity index (χ2v) is 5.83. The van der Waals surface area contributed by atoms with Gasteiger partial charge in [-0.2, -0.15) is 0 Å². The van der Waals surface area contributed by atoms with E-state index in [4.69, 9.17) is 0 Å². The van der Waals surface area contributed by atoms with E-state index in [1.165, 1.54) is 43.2 Å². The maximum absolute atomic E-state index is 4.18. The molecule has 1 fully saturated rings. The van der Waals surface area contributed by atoms with E-state index in [0.717, 1.165) is 18.0 Å². The van der Waals surface area contributed by atoms with Gasteiger partial charge in [0.2, 0.25) is 0 Å². The van der Waals surface area contributed by atoms with Gasteiger partial charge in [-0.1, -0.05) is 51.1 Å². The molecule has 0 amide bonds. The van der Waals surface area contributed by atoms with Crippen molar-refractivity contribution in [3.63, 3.8) is 0 Å². The van der Waals surface area contributed by atoms with Gasteiger partial charge in [-0.3, -0.25) is 0 Å². The van der Waals surface area contributed by atoms with E-state index in [0.29, 0.717) is 6.04 Å². The summed E-state index contributed by atoms with van der Waals surface area (Å²) in [7, 11) is 0. The van der Waals surface area contributed by atoms with Crippen molar-refractivity contribution >= 4 is 0 Å². The number of benzene rings is 1. The lowest BCUT2D eigenvalue weighted by Gasteiger charge is -2.19. The summed E-state index contributed by atoms with van der Waals surface area (Å²) < 4.78 is 0. The third-order valence-electron chi connectivity index (χ3n) is 3.98. The Bertz CT molecular complexity index is 400. The summed E-state index contributed by atoms with van der Waals surface area (Å²) in [5, 5.41) is 3.57. The molecule has 1 unspecified atom stereocenters. The van der Waals surface area contributed by atoms with Crippen LogP contribution in [0.5, 0.6) is 0 Å². The summed E-state index contributed by atoms with van der Waals surface area (Å²) in [6.45, 7) is 8.66. The average molecular weight is 257 g/mol. The lowest BCUT2D eigenvalue weighted by molar-refractivity contribution is 0.501. The van der Waals surface area contributed by atoms with Gasteiger partial charge in [0.25, 0.3) is 0 Å². The minimum absolute atomic E-state index is 0.586. The number of allylic oxidation sites excluding steroid dienone is 1. The third kappa shape index (κ3) is 4.41. The largest absolute Gasteiger partial charge is 0.386 e. The number of hydrogen-bond donors (Lipinski definition) is 1. The van der Waals surface area contributed by atoms with Crippen molar-refractivity contribution in [3.05, 3.63) is 47.7 Å². The zero-order chi connectivity index (χ0) is 13.7. The SMILES string of the molecule is C=C(Cc1ccc(C2CC2)cc1)NC(CC)CCC. The van der Waals surface area contributed by atoms with Gasteiger partial charge in [0.05, 0.1) is 0 Å². The van der Waals surface area contributed by atoms with E-state index < -0.39 is 0 Å². The molecule has 0 saturated heterocycles. The molecule has 0 aromatic heterocycles. The first-order valence-electron chi connectivity index (χ1n) is 7.76. The van der Waals surface area contributed by atoms with Crippen LogP contribution in [0.4, 0.5) is 0 Å². The molecule has 1 aromatic rings. The Labute approximate surface area is 118 Å². The summed E-state index contributed by atoms with van der Waals surface area (Å²) in [6, 6.07) is 9.71. The Morgan fingerprint density at radius 1 is 1.26 bits per heavy atom. The molecule has 1 nitrogen and oxygen atoms in total. The van der Waals surface area contributed by atoms with Crippen molar-refractivity contribution in [1.82, 2.24) is 5.32 Å². The Balaban J connectivity index is 1.83. The molecule has 0 radical (unpaired) electrons. The quantitative estimate of drug-likeness (QED) is 0.706. The first-order chi connectivity index (χ1) is 9.22. The highest BCUT2D eigenvalue weighted by atomic mass is 14.9. The van der Waals surface area contributed by atoms with Crippen molar-refractivity contribution < 1.29 is 0 Å². The Morgan fingerprint density at radius 3 is 2.47 bits per heavy atom. The highest BCUT2D eigenvalue weighted by molar-refractivity contribution is 5.29. The predicted molar refractivity (Wildman–Crippen MR) is 83.4 cm³/mol. The molecule has 1 atom stereocenters. The topological polar surface area (TPSA) is 12.0 Å². The zero-order valence-corrected chi connectivity index (χ0v) is 12.4. The van der Waals surface area contributed by atoms with Crippen LogP contribution in [0.3, 0.4) is 0 Å². The van der Waals surface area contributed by atoms with Crippen LogP contribution in [0, 0.1) is 0 Å². The monoisotopic (exact) mass is 257 g/mol. The van der Waals surface area contributed by atoms with E-state index in [1.807, 2.05) is 0 Å². The van der Waals surface area contributed by atoms with Gasteiger partial charge in [0.1, 0.15) is 0 Å². The molecule has 0 bridgehead atoms. The van der Waals surface area contributed by atoms with Crippen LogP contribution in [0.25, 0.3) is 0 Å². The predicted octanol–water partition coefficient (Wildman–Crippen LogP) is 4.79. The fourth-order valence-electron chi connectivity index (χ4n) is 2.64. The minimum atomic E-state index is 0.586. The van der Waals surface area contributed by atoms with Crippen LogP contribution < -0.4 is 5.32 Å². The molecule has 0 aliphatic heterocycles. The zero-order valence-electron chi connectivity index (χ0n) is 12.4. The maximum atomic E-state index is 4.18. The first kappa shape index (κ1) is 14.2. The van der Waals surface area contributed by atoms with Gasteiger partial charge >= 0.3 is 0 Å². The van der Waals surface area contributed by atoms with E-state index in [9.17, 15) is 0 Å². The molecule has 1 heteroatoms. The molecule has 0 heterocycles. The van der Waals surface area contributed by atoms with E-state index in [-0.39, 0.29) is 0 Å². The van der Waals surface area contributed by atoms with Gasteiger partial charge < -0.3 is 5.32 Å². The lowest BCUT2D eigenvalue weighted by Crippen LogP contribution is -2.28. The summed E-state index contributed by atoms with van der Waals surface area (Å²) >= 11 is 0. The second-order valence-electron chi connectivity index (χ2n) is 5.83. The highest BCUT2D eigenvalue weighted by Crippen LogP contribution is 2.39. The molecule has 19 heavy (non-hydrogen) atoms. The fraction of sp³-hybridized carbons (Fsp3) is 0.556. The minimum Gasteiger partial charge on any atom is -0.386 e. The van der Waals surface area contributed by atoms with E-state index in [2.05, 4.69) is 50.0 Å². The molecule has 1 aliphatic rings. The first-order valence-corrected chi connectivity index (χ1v) is 7.76. The van der Waals surface area contributed by atoms with Crippen LogP contribution >= 0.6 is 0 Å². The van der Waals surface area contributed by atoms with Gasteiger partial charge in [-0.25, -0.2) is 0 Å². The Morgan fingerprint density at radius 2 is 1.95 bits per heavy atom. The normalized spacial score (nSPS) is 16.1. The van der Waals surface area contributed by atoms with Gasteiger partial charge in [-0.15, -0.1) is 0 Å². The highest BCUT2D eigenvalue weighted by Gasteiger charge is 2.22. The molecule has 2 rings (SSSR count). The standard InChI is InChI=1S/C18H27N/c1-4-6-18(5-2)19-14(3)13-15-7-9-16(10-8-15)17-11-12-17/h7-10,17-19H,3-6,11-13H2,1-2H3. The van der Waals surface area contributed by atoms with Gasteiger partial charge in [-0.05, 0) is 42.7 Å². The van der Waals surface area contributed by atoms with Gasteiger partial charge in [0, 0.05) is 18.2 Å². The number of hydrogen-bond acceptors (Lipinski definition) is 1. The van der Waals surface area contributed by atoms with E-state index in [1.54, 1.807) is 0 Å². The van der Waals surface area contributed by atoms with Crippen LogP contribution in [-0.4, -0.2) is 6.04 Å². The summed E-state index contributed by atoms with van der Waals surface area (Å²) in [5.74, 6) is 0.851. The molecular weight excluding hydrogens is 230 g/mol. The molecule has 0 spiro atoms. The average Bonchev–Trinajstić information content (AvgIpc) is 3.23. The van der Waals surface area contributed by atoms with Crippen LogP contribution in [0.15, 0.2) is 36.5 Å². The molecule has 104 valence electrons. The Hall–Kier alpha value is -1.24. The third-order valence-corrected chi connectivity index (χ3v) is 3.98. The van der Waals surface area contributed by atoms with Gasteiger partial charge in [0.15, 0.2) is 0 Å². The summed E-state index contributed by atoms with van der Waals surface area (Å²) in [5.41, 5.74) is 4.03. The summed E-state index contributed by atoms with van der Waals surface area (Å²) in [4.78, 5) is 0. The van der Waals surface area contributed by atoms with Crippen molar-refractivity contribution in [2.45, 2.75) is 64.3 Å². The second kappa shape index (κ2) is 6.79. The molecule has 1 saturated carbocycles. The van der Waals surface area contributed by atoms with Crippen LogP contribution in [0.2, 0.25) is 0 Å². The summed E-state index contributed by atoms with van der Waals surface area (Å²) in [6.07, 6.45) is 7.34. The van der Waals surface area contributed by atoms with Crippen molar-refractivity contribution in [2.24, 2.45) is 0 Å². The lowest BCUT2D eigenvalue weighted by atomic mass is 10.0. The molecule has 1 aromatic carbocycles. The number of rotatable bonds is 8. The van der Waals surface area contributed by atoms with E-state index >= 15 is 0 Å². The van der Waals surface area contributed by atoms with Crippen molar-refractivity contribution in [3.8, 4) is 0 Å². The Kier molecular flexibility index (Phi) is 5.07. The van der Waals surface area contributed by atoms with Crippen LogP contribution in [-0.2, 0) is 6.42 Å². The number of nitrogens with one attached hydrogen (secondary N) is 1. The fourth-order valence-corrected chi connectivity index (χ4v) is 2.64. The molecule has 1 aliphatic carbocycles. The van der Waals surface area contributed by atoms with Crippen molar-refractivity contribution in [2.75, 3.05) is 0 Å². The molecule has 1 N–H and O–H groups in total.